The van der Waals surface area contributed by atoms with E-state index >= 15 is 0 Å². The van der Waals surface area contributed by atoms with E-state index in [0.29, 0.717) is 24.2 Å². The average Bonchev–Trinajstić information content (AvgIpc) is 3.20. The van der Waals surface area contributed by atoms with E-state index in [4.69, 9.17) is 9.47 Å². The van der Waals surface area contributed by atoms with Gasteiger partial charge in [-0.25, -0.2) is 14.4 Å². The number of alkyl carbamates (subject to hydrolysis) is 1. The van der Waals surface area contributed by atoms with Crippen molar-refractivity contribution >= 4 is 23.8 Å². The second-order valence-electron chi connectivity index (χ2n) is 10.5. The Labute approximate surface area is 221 Å². The van der Waals surface area contributed by atoms with Crippen LogP contribution in [0.3, 0.4) is 0 Å². The van der Waals surface area contributed by atoms with Crippen LogP contribution in [-0.2, 0) is 9.47 Å². The highest BCUT2D eigenvalue weighted by Crippen LogP contribution is 2.44. The summed E-state index contributed by atoms with van der Waals surface area (Å²) in [5.41, 5.74) is 4.91. The summed E-state index contributed by atoms with van der Waals surface area (Å²) < 4.78 is 11.2. The SMILES string of the molecule is CC(C)(C)OC(=O)N1CCC(NC(=O)OCC2c3ccccc3-c3ccccc32)c2cc(C(=O)O)ccc21. The quantitative estimate of drug-likeness (QED) is 0.435. The molecule has 0 bridgehead atoms. The standard InChI is InChI=1S/C30H30N2O6/c1-30(2,3)38-29(36)32-15-14-25(23-16-18(27(33)34)12-13-26(23)32)31-28(35)37-17-24-21-10-6-4-8-19(21)20-9-5-7-11-22(20)24/h4-13,16,24-25H,14-15,17H2,1-3H3,(H,31,35)(H,33,34). The Morgan fingerprint density at radius 1 is 0.947 bits per heavy atom. The van der Waals surface area contributed by atoms with Crippen LogP contribution in [0.15, 0.2) is 66.7 Å². The number of carbonyl (C=O) groups excluding carboxylic acids is 2. The molecule has 1 heterocycles. The summed E-state index contributed by atoms with van der Waals surface area (Å²) in [6.07, 6.45) is -0.754. The van der Waals surface area contributed by atoms with Gasteiger partial charge in [0.25, 0.3) is 0 Å². The van der Waals surface area contributed by atoms with Crippen molar-refractivity contribution in [3.8, 4) is 11.1 Å². The van der Waals surface area contributed by atoms with E-state index < -0.39 is 29.8 Å². The molecule has 5 rings (SSSR count). The van der Waals surface area contributed by atoms with Crippen LogP contribution in [0.25, 0.3) is 11.1 Å². The van der Waals surface area contributed by atoms with Crippen LogP contribution in [0, 0.1) is 0 Å². The van der Waals surface area contributed by atoms with Crippen molar-refractivity contribution in [3.05, 3.63) is 89.0 Å². The van der Waals surface area contributed by atoms with Gasteiger partial charge in [0.1, 0.15) is 12.2 Å². The van der Waals surface area contributed by atoms with Crippen molar-refractivity contribution in [2.75, 3.05) is 18.1 Å². The fourth-order valence-corrected chi connectivity index (χ4v) is 5.19. The van der Waals surface area contributed by atoms with Gasteiger partial charge in [0.15, 0.2) is 0 Å². The zero-order valence-electron chi connectivity index (χ0n) is 21.6. The van der Waals surface area contributed by atoms with E-state index in [1.165, 1.54) is 17.0 Å². The molecule has 0 aromatic heterocycles. The van der Waals surface area contributed by atoms with E-state index in [0.717, 1.165) is 22.3 Å². The third-order valence-electron chi connectivity index (χ3n) is 6.83. The third-order valence-corrected chi connectivity index (χ3v) is 6.83. The number of nitrogens with zero attached hydrogens (tertiary/aromatic N) is 1. The van der Waals surface area contributed by atoms with Gasteiger partial charge >= 0.3 is 18.2 Å². The Hall–Kier alpha value is -4.33. The van der Waals surface area contributed by atoms with Gasteiger partial charge < -0.3 is 19.9 Å². The molecule has 3 aromatic rings. The van der Waals surface area contributed by atoms with Gasteiger partial charge in [-0.15, -0.1) is 0 Å². The molecule has 2 aliphatic rings. The number of benzene rings is 3. The minimum atomic E-state index is -1.10. The molecule has 0 spiro atoms. The third kappa shape index (κ3) is 4.94. The molecule has 1 unspecified atom stereocenters. The van der Waals surface area contributed by atoms with Crippen molar-refractivity contribution < 1.29 is 29.0 Å². The van der Waals surface area contributed by atoms with Gasteiger partial charge in [-0.05, 0) is 73.2 Å². The first kappa shape index (κ1) is 25.3. The topological polar surface area (TPSA) is 105 Å². The van der Waals surface area contributed by atoms with Crippen LogP contribution in [0.2, 0.25) is 0 Å². The molecule has 2 amide bonds. The number of hydrogen-bond donors (Lipinski definition) is 2. The molecular formula is C30H30N2O6. The number of aromatic carboxylic acids is 1. The summed E-state index contributed by atoms with van der Waals surface area (Å²) >= 11 is 0. The number of rotatable bonds is 4. The van der Waals surface area contributed by atoms with Gasteiger partial charge in [0, 0.05) is 12.5 Å². The summed E-state index contributed by atoms with van der Waals surface area (Å²) in [4.78, 5) is 38.9. The van der Waals surface area contributed by atoms with Gasteiger partial charge in [-0.2, -0.15) is 0 Å². The summed E-state index contributed by atoms with van der Waals surface area (Å²) in [5.74, 6) is -1.17. The minimum Gasteiger partial charge on any atom is -0.478 e. The number of anilines is 1. The number of hydrogen-bond acceptors (Lipinski definition) is 5. The summed E-state index contributed by atoms with van der Waals surface area (Å²) in [5, 5.41) is 12.4. The van der Waals surface area contributed by atoms with Gasteiger partial charge in [0.05, 0.1) is 17.3 Å². The molecule has 1 atom stereocenters. The van der Waals surface area contributed by atoms with E-state index in [1.54, 1.807) is 26.8 Å². The van der Waals surface area contributed by atoms with Crippen LogP contribution in [0.4, 0.5) is 15.3 Å². The first-order valence-corrected chi connectivity index (χ1v) is 12.6. The molecule has 8 heteroatoms. The lowest BCUT2D eigenvalue weighted by atomic mass is 9.94. The maximum absolute atomic E-state index is 13.0. The smallest absolute Gasteiger partial charge is 0.414 e. The van der Waals surface area contributed by atoms with Gasteiger partial charge in [-0.1, -0.05) is 48.5 Å². The van der Waals surface area contributed by atoms with Crippen LogP contribution < -0.4 is 10.2 Å². The van der Waals surface area contributed by atoms with Crippen LogP contribution in [-0.4, -0.2) is 42.0 Å². The summed E-state index contributed by atoms with van der Waals surface area (Å²) in [6.45, 7) is 5.81. The average molecular weight is 515 g/mol. The number of amides is 2. The molecule has 0 saturated carbocycles. The van der Waals surface area contributed by atoms with Crippen molar-refractivity contribution in [1.82, 2.24) is 5.32 Å². The fraction of sp³-hybridized carbons (Fsp3) is 0.300. The van der Waals surface area contributed by atoms with Crippen LogP contribution in [0.1, 0.15) is 66.2 Å². The van der Waals surface area contributed by atoms with E-state index in [1.807, 2.05) is 24.3 Å². The second-order valence-corrected chi connectivity index (χ2v) is 10.5. The molecular weight excluding hydrogens is 484 g/mol. The maximum Gasteiger partial charge on any atom is 0.414 e. The number of fused-ring (bicyclic) bond motifs is 4. The number of carboxylic acids is 1. The lowest BCUT2D eigenvalue weighted by molar-refractivity contribution is 0.0575. The number of nitrogens with one attached hydrogen (secondary N) is 1. The molecule has 1 aliphatic heterocycles. The Morgan fingerprint density at radius 3 is 2.18 bits per heavy atom. The summed E-state index contributed by atoms with van der Waals surface area (Å²) in [7, 11) is 0. The highest BCUT2D eigenvalue weighted by molar-refractivity contribution is 5.93. The Morgan fingerprint density at radius 2 is 1.58 bits per heavy atom. The molecule has 0 radical (unpaired) electrons. The highest BCUT2D eigenvalue weighted by Gasteiger charge is 2.34. The Kier molecular flexibility index (Phi) is 6.57. The van der Waals surface area contributed by atoms with Gasteiger partial charge in [0.2, 0.25) is 0 Å². The molecule has 196 valence electrons. The molecule has 38 heavy (non-hydrogen) atoms. The minimum absolute atomic E-state index is 0.0640. The second kappa shape index (κ2) is 9.85. The lowest BCUT2D eigenvalue weighted by Crippen LogP contribution is -2.43. The lowest BCUT2D eigenvalue weighted by Gasteiger charge is -2.35. The van der Waals surface area contributed by atoms with Crippen molar-refractivity contribution in [3.63, 3.8) is 0 Å². The predicted octanol–water partition coefficient (Wildman–Crippen LogP) is 6.11. The molecule has 0 fully saturated rings. The monoisotopic (exact) mass is 514 g/mol. The van der Waals surface area contributed by atoms with E-state index in [-0.39, 0.29) is 18.1 Å². The fourth-order valence-electron chi connectivity index (χ4n) is 5.19. The van der Waals surface area contributed by atoms with Crippen molar-refractivity contribution in [2.45, 2.75) is 44.8 Å². The molecule has 0 saturated heterocycles. The van der Waals surface area contributed by atoms with E-state index in [9.17, 15) is 19.5 Å². The van der Waals surface area contributed by atoms with Crippen LogP contribution in [0.5, 0.6) is 0 Å². The molecule has 8 nitrogen and oxygen atoms in total. The van der Waals surface area contributed by atoms with Crippen LogP contribution >= 0.6 is 0 Å². The first-order chi connectivity index (χ1) is 18.1. The molecule has 2 N–H and O–H groups in total. The summed E-state index contributed by atoms with van der Waals surface area (Å²) in [6, 6.07) is 20.2. The Balaban J connectivity index is 1.33. The van der Waals surface area contributed by atoms with Gasteiger partial charge in [-0.3, -0.25) is 4.90 Å². The van der Waals surface area contributed by atoms with Crippen molar-refractivity contribution in [2.24, 2.45) is 0 Å². The largest absolute Gasteiger partial charge is 0.478 e. The van der Waals surface area contributed by atoms with Crippen molar-refractivity contribution in [1.29, 1.82) is 0 Å². The maximum atomic E-state index is 13.0. The zero-order chi connectivity index (χ0) is 27.0. The number of carbonyl (C=O) groups is 3. The number of carboxylic acid groups (broad SMARTS) is 1. The first-order valence-electron chi connectivity index (χ1n) is 12.6. The Bertz CT molecular complexity index is 1360. The molecule has 1 aliphatic carbocycles. The van der Waals surface area contributed by atoms with E-state index in [2.05, 4.69) is 29.6 Å². The zero-order valence-corrected chi connectivity index (χ0v) is 21.6. The normalized spacial score (nSPS) is 16.2. The predicted molar refractivity (Wildman–Crippen MR) is 143 cm³/mol. The number of ether oxygens (including phenoxy) is 2. The highest BCUT2D eigenvalue weighted by atomic mass is 16.6. The molecule has 3 aromatic carbocycles.